The van der Waals surface area contributed by atoms with Crippen LogP contribution in [0.5, 0.6) is 5.75 Å². The van der Waals surface area contributed by atoms with Crippen LogP contribution in [0.15, 0.2) is 53.3 Å². The molecule has 1 heterocycles. The van der Waals surface area contributed by atoms with Gasteiger partial charge in [0, 0.05) is 12.5 Å². The quantitative estimate of drug-likeness (QED) is 0.456. The van der Waals surface area contributed by atoms with E-state index in [2.05, 4.69) is 20.8 Å². The summed E-state index contributed by atoms with van der Waals surface area (Å²) in [6.07, 6.45) is 3.49. The van der Waals surface area contributed by atoms with Gasteiger partial charge in [0.15, 0.2) is 0 Å². The van der Waals surface area contributed by atoms with Crippen LogP contribution < -0.4 is 10.3 Å². The smallest absolute Gasteiger partial charge is 0.266 e. The molecule has 1 saturated carbocycles. The SMILES string of the molecule is CCC(c1nc2ccccc2c(=O)n1-c1ccc(OC)cc1)N(CCC(C)C)C(=O)C1CC1. The van der Waals surface area contributed by atoms with E-state index in [1.165, 1.54) is 0 Å². The first-order chi connectivity index (χ1) is 15.9. The van der Waals surface area contributed by atoms with Gasteiger partial charge in [-0.3, -0.25) is 14.2 Å². The number of aromatic nitrogens is 2. The highest BCUT2D eigenvalue weighted by Gasteiger charge is 2.37. The summed E-state index contributed by atoms with van der Waals surface area (Å²) < 4.78 is 6.98. The Hall–Kier alpha value is -3.15. The van der Waals surface area contributed by atoms with E-state index in [9.17, 15) is 9.59 Å². The lowest BCUT2D eigenvalue weighted by atomic mass is 10.1. The number of hydrogen-bond acceptors (Lipinski definition) is 4. The molecule has 1 amide bonds. The van der Waals surface area contributed by atoms with Gasteiger partial charge in [0.1, 0.15) is 11.6 Å². The van der Waals surface area contributed by atoms with Gasteiger partial charge in [-0.25, -0.2) is 4.98 Å². The summed E-state index contributed by atoms with van der Waals surface area (Å²) >= 11 is 0. The summed E-state index contributed by atoms with van der Waals surface area (Å²) in [5.41, 5.74) is 1.25. The van der Waals surface area contributed by atoms with Crippen LogP contribution in [0.3, 0.4) is 0 Å². The van der Waals surface area contributed by atoms with Crippen molar-refractivity contribution in [2.45, 2.75) is 52.5 Å². The summed E-state index contributed by atoms with van der Waals surface area (Å²) in [7, 11) is 1.62. The van der Waals surface area contributed by atoms with Gasteiger partial charge in [-0.05, 0) is 68.0 Å². The molecule has 0 saturated heterocycles. The monoisotopic (exact) mass is 447 g/mol. The first kappa shape index (κ1) is 23.0. The average molecular weight is 448 g/mol. The molecular weight excluding hydrogens is 414 g/mol. The van der Waals surface area contributed by atoms with Crippen molar-refractivity contribution in [3.05, 3.63) is 64.7 Å². The second-order valence-electron chi connectivity index (χ2n) is 9.24. The van der Waals surface area contributed by atoms with E-state index in [0.717, 1.165) is 30.7 Å². The Morgan fingerprint density at radius 3 is 2.45 bits per heavy atom. The Morgan fingerprint density at radius 1 is 1.15 bits per heavy atom. The zero-order chi connectivity index (χ0) is 23.5. The molecular formula is C27H33N3O3. The second-order valence-corrected chi connectivity index (χ2v) is 9.24. The molecule has 6 nitrogen and oxygen atoms in total. The molecule has 1 aromatic heterocycles. The van der Waals surface area contributed by atoms with Gasteiger partial charge in [0.05, 0.1) is 29.7 Å². The predicted octanol–water partition coefficient (Wildman–Crippen LogP) is 5.13. The molecule has 6 heteroatoms. The number of rotatable bonds is 9. The molecule has 1 fully saturated rings. The number of nitrogens with zero attached hydrogens (tertiary/aromatic N) is 3. The van der Waals surface area contributed by atoms with Crippen LogP contribution in [0.1, 0.15) is 58.3 Å². The standard InChI is InChI=1S/C27H33N3O3/c1-5-24(29(17-16-18(2)3)26(31)19-10-11-19)25-28-23-9-7-6-8-22(23)27(32)30(25)20-12-14-21(33-4)15-13-20/h6-9,12-15,18-19,24H,5,10-11,16-17H2,1-4H3. The number of fused-ring (bicyclic) bond motifs is 1. The van der Waals surface area contributed by atoms with E-state index in [1.807, 2.05) is 47.4 Å². The number of hydrogen-bond donors (Lipinski definition) is 0. The molecule has 3 aromatic rings. The van der Waals surface area contributed by atoms with Crippen LogP contribution in [0.4, 0.5) is 0 Å². The molecule has 0 spiro atoms. The fourth-order valence-corrected chi connectivity index (χ4v) is 4.28. The maximum Gasteiger partial charge on any atom is 0.266 e. The number of carbonyl (C=O) groups is 1. The van der Waals surface area contributed by atoms with Gasteiger partial charge in [-0.2, -0.15) is 0 Å². The molecule has 0 bridgehead atoms. The number of amides is 1. The van der Waals surface area contributed by atoms with Crippen LogP contribution in [-0.4, -0.2) is 34.0 Å². The normalized spacial score (nSPS) is 14.5. The molecule has 33 heavy (non-hydrogen) atoms. The maximum absolute atomic E-state index is 13.7. The van der Waals surface area contributed by atoms with E-state index in [0.29, 0.717) is 35.6 Å². The van der Waals surface area contributed by atoms with Crippen LogP contribution in [0, 0.1) is 11.8 Å². The molecule has 1 aliphatic rings. The fourth-order valence-electron chi connectivity index (χ4n) is 4.28. The third-order valence-electron chi connectivity index (χ3n) is 6.35. The highest BCUT2D eigenvalue weighted by Crippen LogP contribution is 2.35. The van der Waals surface area contributed by atoms with E-state index >= 15 is 0 Å². The Morgan fingerprint density at radius 2 is 1.85 bits per heavy atom. The lowest BCUT2D eigenvalue weighted by Crippen LogP contribution is -2.40. The van der Waals surface area contributed by atoms with E-state index in [-0.39, 0.29) is 23.4 Å². The van der Waals surface area contributed by atoms with E-state index in [1.54, 1.807) is 17.7 Å². The molecule has 1 aliphatic carbocycles. The summed E-state index contributed by atoms with van der Waals surface area (Å²) in [6.45, 7) is 7.06. The van der Waals surface area contributed by atoms with Crippen molar-refractivity contribution in [1.82, 2.24) is 14.5 Å². The number of methoxy groups -OCH3 is 1. The van der Waals surface area contributed by atoms with Gasteiger partial charge < -0.3 is 9.64 Å². The Labute approximate surface area is 195 Å². The second kappa shape index (κ2) is 9.77. The van der Waals surface area contributed by atoms with Crippen LogP contribution in [0.2, 0.25) is 0 Å². The van der Waals surface area contributed by atoms with Crippen molar-refractivity contribution in [2.24, 2.45) is 11.8 Å². The lowest BCUT2D eigenvalue weighted by Gasteiger charge is -2.33. The Bertz CT molecular complexity index is 1180. The lowest BCUT2D eigenvalue weighted by molar-refractivity contribution is -0.135. The molecule has 4 rings (SSSR count). The summed E-state index contributed by atoms with van der Waals surface area (Å²) in [6, 6.07) is 14.6. The van der Waals surface area contributed by atoms with Gasteiger partial charge in [-0.15, -0.1) is 0 Å². The average Bonchev–Trinajstić information content (AvgIpc) is 3.67. The highest BCUT2D eigenvalue weighted by molar-refractivity contribution is 5.82. The largest absolute Gasteiger partial charge is 0.497 e. The molecule has 174 valence electrons. The van der Waals surface area contributed by atoms with Crippen LogP contribution in [-0.2, 0) is 4.79 Å². The summed E-state index contributed by atoms with van der Waals surface area (Å²) in [4.78, 5) is 34.0. The van der Waals surface area contributed by atoms with Gasteiger partial charge in [-0.1, -0.05) is 32.9 Å². The Kier molecular flexibility index (Phi) is 6.82. The molecule has 1 atom stereocenters. The minimum atomic E-state index is -0.281. The van der Waals surface area contributed by atoms with Crippen molar-refractivity contribution in [3.63, 3.8) is 0 Å². The Balaban J connectivity index is 1.90. The first-order valence-electron chi connectivity index (χ1n) is 11.9. The van der Waals surface area contributed by atoms with Crippen molar-refractivity contribution >= 4 is 16.8 Å². The topological polar surface area (TPSA) is 64.4 Å². The van der Waals surface area contributed by atoms with E-state index < -0.39 is 0 Å². The van der Waals surface area contributed by atoms with E-state index in [4.69, 9.17) is 9.72 Å². The molecule has 0 aliphatic heterocycles. The van der Waals surface area contributed by atoms with Crippen LogP contribution in [0.25, 0.3) is 16.6 Å². The van der Waals surface area contributed by atoms with Crippen molar-refractivity contribution in [1.29, 1.82) is 0 Å². The minimum absolute atomic E-state index is 0.104. The van der Waals surface area contributed by atoms with Gasteiger partial charge in [0.25, 0.3) is 5.56 Å². The number of carbonyl (C=O) groups excluding carboxylic acids is 1. The minimum Gasteiger partial charge on any atom is -0.497 e. The maximum atomic E-state index is 13.7. The molecule has 0 radical (unpaired) electrons. The zero-order valence-electron chi connectivity index (χ0n) is 20.0. The van der Waals surface area contributed by atoms with Gasteiger partial charge >= 0.3 is 0 Å². The first-order valence-corrected chi connectivity index (χ1v) is 11.9. The van der Waals surface area contributed by atoms with Crippen molar-refractivity contribution < 1.29 is 9.53 Å². The predicted molar refractivity (Wildman–Crippen MR) is 131 cm³/mol. The molecule has 1 unspecified atom stereocenters. The highest BCUT2D eigenvalue weighted by atomic mass is 16.5. The van der Waals surface area contributed by atoms with Crippen molar-refractivity contribution in [3.8, 4) is 11.4 Å². The summed E-state index contributed by atoms with van der Waals surface area (Å²) in [5, 5.41) is 0.564. The third-order valence-corrected chi connectivity index (χ3v) is 6.35. The molecule has 0 N–H and O–H groups in total. The fraction of sp³-hybridized carbons (Fsp3) is 0.444. The van der Waals surface area contributed by atoms with Crippen LogP contribution >= 0.6 is 0 Å². The number of benzene rings is 2. The molecule has 2 aromatic carbocycles. The zero-order valence-corrected chi connectivity index (χ0v) is 20.0. The summed E-state index contributed by atoms with van der Waals surface area (Å²) in [5.74, 6) is 2.10. The van der Waals surface area contributed by atoms with Gasteiger partial charge in [0.2, 0.25) is 5.91 Å². The third kappa shape index (κ3) is 4.80. The van der Waals surface area contributed by atoms with Crippen molar-refractivity contribution in [2.75, 3.05) is 13.7 Å². The number of ether oxygens (including phenoxy) is 1. The number of para-hydroxylation sites is 1.